The van der Waals surface area contributed by atoms with Crippen LogP contribution < -0.4 is 10.5 Å². The fraction of sp³-hybridized carbons (Fsp3) is 0.600. The van der Waals surface area contributed by atoms with Crippen LogP contribution in [-0.4, -0.2) is 30.6 Å². The van der Waals surface area contributed by atoms with Crippen molar-refractivity contribution in [1.29, 1.82) is 0 Å². The van der Waals surface area contributed by atoms with Gasteiger partial charge in [0.25, 0.3) is 0 Å². The van der Waals surface area contributed by atoms with Crippen LogP contribution in [0.25, 0.3) is 0 Å². The van der Waals surface area contributed by atoms with Gasteiger partial charge in [-0.3, -0.25) is 4.90 Å². The average Bonchev–Trinajstić information content (AvgIpc) is 2.49. The summed E-state index contributed by atoms with van der Waals surface area (Å²) in [5.74, 6) is 1.02. The minimum Gasteiger partial charge on any atom is -0.492 e. The molecule has 0 fully saturated rings. The topological polar surface area (TPSA) is 38.5 Å². The Kier molecular flexibility index (Phi) is 3.93. The number of hydrogen-bond acceptors (Lipinski definition) is 3. The van der Waals surface area contributed by atoms with Crippen LogP contribution in [0.3, 0.4) is 0 Å². The van der Waals surface area contributed by atoms with Crippen molar-refractivity contribution in [1.82, 2.24) is 4.90 Å². The summed E-state index contributed by atoms with van der Waals surface area (Å²) in [7, 11) is 0. The average molecular weight is 248 g/mol. The second-order valence-electron chi connectivity index (χ2n) is 6.16. The number of ether oxygens (including phenoxy) is 1. The number of rotatable bonds is 2. The molecule has 1 aromatic carbocycles. The normalized spacial score (nSPS) is 18.7. The van der Waals surface area contributed by atoms with E-state index in [2.05, 4.69) is 37.8 Å². The van der Waals surface area contributed by atoms with E-state index in [-0.39, 0.29) is 11.5 Å². The maximum Gasteiger partial charge on any atom is 0.123 e. The highest BCUT2D eigenvalue weighted by Crippen LogP contribution is 2.24. The zero-order valence-corrected chi connectivity index (χ0v) is 11.6. The Bertz CT molecular complexity index is 398. The van der Waals surface area contributed by atoms with Gasteiger partial charge in [-0.1, -0.05) is 39.0 Å². The van der Waals surface area contributed by atoms with Crippen molar-refractivity contribution in [3.8, 4) is 5.75 Å². The smallest absolute Gasteiger partial charge is 0.123 e. The van der Waals surface area contributed by atoms with Gasteiger partial charge in [0.15, 0.2) is 0 Å². The molecule has 3 heteroatoms. The molecule has 18 heavy (non-hydrogen) atoms. The summed E-state index contributed by atoms with van der Waals surface area (Å²) < 4.78 is 5.76. The van der Waals surface area contributed by atoms with Gasteiger partial charge in [0.05, 0.1) is 0 Å². The van der Waals surface area contributed by atoms with Crippen LogP contribution in [-0.2, 0) is 6.54 Å². The lowest BCUT2D eigenvalue weighted by Crippen LogP contribution is -2.45. The third kappa shape index (κ3) is 3.24. The van der Waals surface area contributed by atoms with Gasteiger partial charge in [0.2, 0.25) is 0 Å². The Morgan fingerprint density at radius 1 is 1.33 bits per heavy atom. The predicted molar refractivity (Wildman–Crippen MR) is 74.6 cm³/mol. The molecule has 2 N–H and O–H groups in total. The van der Waals surface area contributed by atoms with E-state index in [4.69, 9.17) is 10.5 Å². The van der Waals surface area contributed by atoms with E-state index in [1.54, 1.807) is 0 Å². The maximum atomic E-state index is 6.27. The number of nitrogens with zero attached hydrogens (tertiary/aromatic N) is 1. The molecule has 0 aliphatic carbocycles. The van der Waals surface area contributed by atoms with E-state index in [1.807, 2.05) is 12.1 Å². The van der Waals surface area contributed by atoms with Gasteiger partial charge in [-0.2, -0.15) is 0 Å². The fourth-order valence-electron chi connectivity index (χ4n) is 2.09. The lowest BCUT2D eigenvalue weighted by molar-refractivity contribution is 0.178. The Morgan fingerprint density at radius 3 is 2.78 bits per heavy atom. The molecule has 100 valence electrons. The highest BCUT2D eigenvalue weighted by Gasteiger charge is 2.24. The largest absolute Gasteiger partial charge is 0.492 e. The Labute approximate surface area is 110 Å². The van der Waals surface area contributed by atoms with E-state index < -0.39 is 0 Å². The molecule has 0 radical (unpaired) electrons. The summed E-state index contributed by atoms with van der Waals surface area (Å²) in [5, 5.41) is 0. The zero-order valence-electron chi connectivity index (χ0n) is 11.6. The Morgan fingerprint density at radius 2 is 2.06 bits per heavy atom. The third-order valence-corrected chi connectivity index (χ3v) is 3.60. The summed E-state index contributed by atoms with van der Waals surface area (Å²) >= 11 is 0. The molecule has 2 rings (SSSR count). The summed E-state index contributed by atoms with van der Waals surface area (Å²) in [6.45, 7) is 10.1. The van der Waals surface area contributed by atoms with Crippen molar-refractivity contribution in [2.24, 2.45) is 11.1 Å². The van der Waals surface area contributed by atoms with Crippen LogP contribution in [0.1, 0.15) is 26.3 Å². The quantitative estimate of drug-likeness (QED) is 0.872. The SMILES string of the molecule is CC(C)(C)C(N)CN1CCOc2ccccc2C1. The van der Waals surface area contributed by atoms with E-state index in [0.717, 1.165) is 32.0 Å². The zero-order chi connectivity index (χ0) is 13.2. The minimum atomic E-state index is 0.146. The van der Waals surface area contributed by atoms with Crippen molar-refractivity contribution in [2.75, 3.05) is 19.7 Å². The van der Waals surface area contributed by atoms with Crippen LogP contribution >= 0.6 is 0 Å². The molecule has 1 aliphatic heterocycles. The number of benzene rings is 1. The van der Waals surface area contributed by atoms with E-state index in [9.17, 15) is 0 Å². The standard InChI is InChI=1S/C15H24N2O/c1-15(2,3)14(16)11-17-8-9-18-13-7-5-4-6-12(13)10-17/h4-7,14H,8-11,16H2,1-3H3. The van der Waals surface area contributed by atoms with Gasteiger partial charge in [-0.15, -0.1) is 0 Å². The molecule has 1 heterocycles. The van der Waals surface area contributed by atoms with Crippen molar-refractivity contribution in [3.05, 3.63) is 29.8 Å². The summed E-state index contributed by atoms with van der Waals surface area (Å²) in [6, 6.07) is 8.45. The molecule has 1 unspecified atom stereocenters. The first-order valence-corrected chi connectivity index (χ1v) is 6.65. The number of para-hydroxylation sites is 1. The van der Waals surface area contributed by atoms with Crippen LogP contribution in [0.15, 0.2) is 24.3 Å². The van der Waals surface area contributed by atoms with Gasteiger partial charge < -0.3 is 10.5 Å². The van der Waals surface area contributed by atoms with Gasteiger partial charge >= 0.3 is 0 Å². The van der Waals surface area contributed by atoms with Crippen molar-refractivity contribution >= 4 is 0 Å². The van der Waals surface area contributed by atoms with Crippen LogP contribution in [0.4, 0.5) is 0 Å². The molecule has 3 nitrogen and oxygen atoms in total. The van der Waals surface area contributed by atoms with Gasteiger partial charge in [0, 0.05) is 31.2 Å². The van der Waals surface area contributed by atoms with Crippen molar-refractivity contribution < 1.29 is 4.74 Å². The first-order chi connectivity index (χ1) is 8.47. The lowest BCUT2D eigenvalue weighted by atomic mass is 9.87. The lowest BCUT2D eigenvalue weighted by Gasteiger charge is -2.32. The van der Waals surface area contributed by atoms with E-state index in [1.165, 1.54) is 5.56 Å². The van der Waals surface area contributed by atoms with Crippen LogP contribution in [0, 0.1) is 5.41 Å². The monoisotopic (exact) mass is 248 g/mol. The Hall–Kier alpha value is -1.06. The highest BCUT2D eigenvalue weighted by molar-refractivity contribution is 5.33. The van der Waals surface area contributed by atoms with Crippen LogP contribution in [0.2, 0.25) is 0 Å². The third-order valence-electron chi connectivity index (χ3n) is 3.60. The number of nitrogens with two attached hydrogens (primary N) is 1. The maximum absolute atomic E-state index is 6.27. The predicted octanol–water partition coefficient (Wildman–Crippen LogP) is 2.25. The molecule has 0 saturated heterocycles. The van der Waals surface area contributed by atoms with Crippen LogP contribution in [0.5, 0.6) is 5.75 Å². The molecule has 1 aromatic rings. The second-order valence-corrected chi connectivity index (χ2v) is 6.16. The second kappa shape index (κ2) is 5.29. The van der Waals surface area contributed by atoms with E-state index in [0.29, 0.717) is 0 Å². The molecule has 0 aromatic heterocycles. The fourth-order valence-corrected chi connectivity index (χ4v) is 2.09. The Balaban J connectivity index is 2.04. The molecule has 0 bridgehead atoms. The highest BCUT2D eigenvalue weighted by atomic mass is 16.5. The minimum absolute atomic E-state index is 0.146. The van der Waals surface area contributed by atoms with Gasteiger partial charge in [-0.25, -0.2) is 0 Å². The van der Waals surface area contributed by atoms with Gasteiger partial charge in [0.1, 0.15) is 12.4 Å². The first kappa shape index (κ1) is 13.4. The van der Waals surface area contributed by atoms with Crippen molar-refractivity contribution in [3.63, 3.8) is 0 Å². The van der Waals surface area contributed by atoms with Gasteiger partial charge in [-0.05, 0) is 11.5 Å². The molecule has 0 spiro atoms. The first-order valence-electron chi connectivity index (χ1n) is 6.65. The molecule has 0 saturated carbocycles. The summed E-state index contributed by atoms with van der Waals surface area (Å²) in [4.78, 5) is 2.39. The summed E-state index contributed by atoms with van der Waals surface area (Å²) in [5.41, 5.74) is 7.68. The molecular weight excluding hydrogens is 224 g/mol. The molecule has 0 amide bonds. The molecule has 1 atom stereocenters. The van der Waals surface area contributed by atoms with E-state index >= 15 is 0 Å². The summed E-state index contributed by atoms with van der Waals surface area (Å²) in [6.07, 6.45) is 0. The molecule has 1 aliphatic rings. The number of fused-ring (bicyclic) bond motifs is 1. The molecular formula is C15H24N2O. The number of hydrogen-bond donors (Lipinski definition) is 1. The van der Waals surface area contributed by atoms with Crippen molar-refractivity contribution in [2.45, 2.75) is 33.4 Å².